The molecule has 0 radical (unpaired) electrons. The third kappa shape index (κ3) is 2.52. The van der Waals surface area contributed by atoms with Gasteiger partial charge in [0.15, 0.2) is 11.5 Å². The zero-order chi connectivity index (χ0) is 17.3. The molecular formula is C20H22O4. The van der Waals surface area contributed by atoms with Crippen LogP contribution >= 0.6 is 0 Å². The summed E-state index contributed by atoms with van der Waals surface area (Å²) in [4.78, 5) is 12.6. The monoisotopic (exact) mass is 326 g/mol. The number of carbonyl (C=O) groups excluding carboxylic acids is 1. The highest BCUT2D eigenvalue weighted by molar-refractivity contribution is 5.89. The Hall–Kier alpha value is -2.49. The number of rotatable bonds is 5. The first-order valence-electron chi connectivity index (χ1n) is 7.94. The highest BCUT2D eigenvalue weighted by Gasteiger charge is 2.62. The molecule has 2 atom stereocenters. The summed E-state index contributed by atoms with van der Waals surface area (Å²) < 4.78 is 15.8. The summed E-state index contributed by atoms with van der Waals surface area (Å²) in [5.74, 6) is 1.17. The number of aryl methyl sites for hydroxylation is 1. The molecule has 0 unspecified atom stereocenters. The summed E-state index contributed by atoms with van der Waals surface area (Å²) in [5, 5.41) is 0. The lowest BCUT2D eigenvalue weighted by atomic mass is 9.90. The second-order valence-electron chi connectivity index (χ2n) is 6.20. The second kappa shape index (κ2) is 6.19. The molecule has 0 amide bonds. The Morgan fingerprint density at radius 3 is 2.25 bits per heavy atom. The van der Waals surface area contributed by atoms with Crippen LogP contribution < -0.4 is 9.47 Å². The third-order valence-corrected chi connectivity index (χ3v) is 4.89. The van der Waals surface area contributed by atoms with Crippen LogP contribution in [0.3, 0.4) is 0 Å². The van der Waals surface area contributed by atoms with E-state index in [2.05, 4.69) is 31.2 Å². The van der Waals surface area contributed by atoms with Crippen LogP contribution in [0.4, 0.5) is 0 Å². The summed E-state index contributed by atoms with van der Waals surface area (Å²) in [7, 11) is 4.63. The normalized spacial score (nSPS) is 21.9. The van der Waals surface area contributed by atoms with E-state index in [9.17, 15) is 4.79 Å². The fourth-order valence-corrected chi connectivity index (χ4v) is 3.42. The van der Waals surface area contributed by atoms with E-state index >= 15 is 0 Å². The van der Waals surface area contributed by atoms with Gasteiger partial charge in [0, 0.05) is 5.92 Å². The summed E-state index contributed by atoms with van der Waals surface area (Å²) >= 11 is 0. The Morgan fingerprint density at radius 2 is 1.67 bits per heavy atom. The van der Waals surface area contributed by atoms with Crippen molar-refractivity contribution in [3.05, 3.63) is 59.2 Å². The standard InChI is InChI=1S/C20H22O4/c1-13-5-7-14(8-6-13)16-12-20(16,19(21)24-4)15-9-10-17(22-2)18(11-15)23-3/h5-11,16H,12H2,1-4H3/t16-,20-/m1/s1. The number of carbonyl (C=O) groups is 1. The first-order chi connectivity index (χ1) is 11.6. The largest absolute Gasteiger partial charge is 0.493 e. The van der Waals surface area contributed by atoms with Crippen molar-refractivity contribution in [3.8, 4) is 11.5 Å². The van der Waals surface area contributed by atoms with Crippen LogP contribution in [-0.2, 0) is 14.9 Å². The van der Waals surface area contributed by atoms with E-state index in [1.54, 1.807) is 14.2 Å². The predicted molar refractivity (Wildman–Crippen MR) is 91.8 cm³/mol. The minimum Gasteiger partial charge on any atom is -0.493 e. The van der Waals surface area contributed by atoms with E-state index in [0.29, 0.717) is 11.5 Å². The minimum absolute atomic E-state index is 0.114. The number of hydrogen-bond acceptors (Lipinski definition) is 4. The molecule has 4 nitrogen and oxygen atoms in total. The molecule has 0 aromatic heterocycles. The van der Waals surface area contributed by atoms with Crippen LogP contribution in [0.25, 0.3) is 0 Å². The maximum absolute atomic E-state index is 12.6. The number of esters is 1. The fourth-order valence-electron chi connectivity index (χ4n) is 3.42. The van der Waals surface area contributed by atoms with E-state index in [1.807, 2.05) is 18.2 Å². The maximum atomic E-state index is 12.6. The molecule has 0 spiro atoms. The molecule has 1 fully saturated rings. The molecule has 4 heteroatoms. The van der Waals surface area contributed by atoms with Crippen LogP contribution in [0, 0.1) is 6.92 Å². The number of ether oxygens (including phenoxy) is 3. The highest BCUT2D eigenvalue weighted by atomic mass is 16.5. The van der Waals surface area contributed by atoms with Gasteiger partial charge >= 0.3 is 5.97 Å². The highest BCUT2D eigenvalue weighted by Crippen LogP contribution is 2.61. The Labute approximate surface area is 142 Å². The van der Waals surface area contributed by atoms with Gasteiger partial charge in [-0.1, -0.05) is 35.9 Å². The van der Waals surface area contributed by atoms with Gasteiger partial charge in [0.05, 0.1) is 21.3 Å². The predicted octanol–water partition coefficient (Wildman–Crippen LogP) is 3.61. The van der Waals surface area contributed by atoms with Crippen molar-refractivity contribution in [2.45, 2.75) is 24.7 Å². The SMILES string of the molecule is COC(=O)[C@@]1(c2ccc(OC)c(OC)c2)C[C@@H]1c1ccc(C)cc1. The van der Waals surface area contributed by atoms with E-state index in [4.69, 9.17) is 14.2 Å². The molecule has 1 saturated carbocycles. The van der Waals surface area contributed by atoms with Crippen molar-refractivity contribution in [2.75, 3.05) is 21.3 Å². The Morgan fingerprint density at radius 1 is 1.00 bits per heavy atom. The number of benzene rings is 2. The summed E-state index contributed by atoms with van der Waals surface area (Å²) in [6.45, 7) is 2.05. The molecule has 1 aliphatic carbocycles. The van der Waals surface area contributed by atoms with Gasteiger partial charge in [0.1, 0.15) is 5.41 Å². The van der Waals surface area contributed by atoms with Gasteiger partial charge in [-0.15, -0.1) is 0 Å². The van der Waals surface area contributed by atoms with Crippen molar-refractivity contribution in [1.29, 1.82) is 0 Å². The Balaban J connectivity index is 2.03. The van der Waals surface area contributed by atoms with Crippen molar-refractivity contribution in [3.63, 3.8) is 0 Å². The molecule has 2 aromatic rings. The van der Waals surface area contributed by atoms with Crippen molar-refractivity contribution in [1.82, 2.24) is 0 Å². The topological polar surface area (TPSA) is 44.8 Å². The average Bonchev–Trinajstić information content (AvgIpc) is 3.37. The maximum Gasteiger partial charge on any atom is 0.316 e. The number of hydrogen-bond donors (Lipinski definition) is 0. The van der Waals surface area contributed by atoms with Gasteiger partial charge in [0.2, 0.25) is 0 Å². The second-order valence-corrected chi connectivity index (χ2v) is 6.20. The van der Waals surface area contributed by atoms with Crippen LogP contribution in [0.15, 0.2) is 42.5 Å². The van der Waals surface area contributed by atoms with Crippen LogP contribution in [-0.4, -0.2) is 27.3 Å². The van der Waals surface area contributed by atoms with Gasteiger partial charge in [-0.05, 0) is 36.6 Å². The lowest BCUT2D eigenvalue weighted by Gasteiger charge is -2.18. The first-order valence-corrected chi connectivity index (χ1v) is 7.94. The molecule has 2 aromatic carbocycles. The minimum atomic E-state index is -0.649. The average molecular weight is 326 g/mol. The molecule has 0 N–H and O–H groups in total. The molecule has 3 rings (SSSR count). The number of methoxy groups -OCH3 is 3. The van der Waals surface area contributed by atoms with Crippen molar-refractivity contribution in [2.24, 2.45) is 0 Å². The molecule has 0 saturated heterocycles. The summed E-state index contributed by atoms with van der Waals surface area (Å²) in [5.41, 5.74) is 2.61. The van der Waals surface area contributed by atoms with Gasteiger partial charge in [-0.3, -0.25) is 4.79 Å². The molecular weight excluding hydrogens is 304 g/mol. The lowest BCUT2D eigenvalue weighted by Crippen LogP contribution is -2.24. The van der Waals surface area contributed by atoms with E-state index < -0.39 is 5.41 Å². The molecule has 0 bridgehead atoms. The van der Waals surface area contributed by atoms with Gasteiger partial charge in [-0.2, -0.15) is 0 Å². The van der Waals surface area contributed by atoms with E-state index in [-0.39, 0.29) is 11.9 Å². The summed E-state index contributed by atoms with van der Waals surface area (Å²) in [6.07, 6.45) is 0.734. The van der Waals surface area contributed by atoms with Crippen molar-refractivity contribution >= 4 is 5.97 Å². The molecule has 0 aliphatic heterocycles. The van der Waals surface area contributed by atoms with Crippen LogP contribution in [0.5, 0.6) is 11.5 Å². The van der Waals surface area contributed by atoms with E-state index in [1.165, 1.54) is 12.7 Å². The first kappa shape index (κ1) is 16.4. The zero-order valence-electron chi connectivity index (χ0n) is 14.5. The third-order valence-electron chi connectivity index (χ3n) is 4.89. The Bertz CT molecular complexity index is 751. The van der Waals surface area contributed by atoms with Gasteiger partial charge in [-0.25, -0.2) is 0 Å². The van der Waals surface area contributed by atoms with Crippen molar-refractivity contribution < 1.29 is 19.0 Å². The summed E-state index contributed by atoms with van der Waals surface area (Å²) in [6, 6.07) is 14.0. The quantitative estimate of drug-likeness (QED) is 0.787. The molecule has 0 heterocycles. The fraction of sp³-hybridized carbons (Fsp3) is 0.350. The smallest absolute Gasteiger partial charge is 0.316 e. The molecule has 126 valence electrons. The van der Waals surface area contributed by atoms with E-state index in [0.717, 1.165) is 17.5 Å². The van der Waals surface area contributed by atoms with Crippen LogP contribution in [0.1, 0.15) is 29.0 Å². The zero-order valence-corrected chi connectivity index (χ0v) is 14.5. The van der Waals surface area contributed by atoms with Gasteiger partial charge in [0.25, 0.3) is 0 Å². The lowest BCUT2D eigenvalue weighted by molar-refractivity contribution is -0.143. The molecule has 24 heavy (non-hydrogen) atoms. The van der Waals surface area contributed by atoms with Gasteiger partial charge < -0.3 is 14.2 Å². The molecule has 1 aliphatic rings. The Kier molecular flexibility index (Phi) is 4.22. The van der Waals surface area contributed by atoms with Crippen LogP contribution in [0.2, 0.25) is 0 Å².